The molecule has 4 aromatic rings. The lowest BCUT2D eigenvalue weighted by atomic mass is 10.0. The van der Waals surface area contributed by atoms with Gasteiger partial charge < -0.3 is 25.9 Å². The molecule has 1 aromatic carbocycles. The first-order valence-corrected chi connectivity index (χ1v) is 17.7. The zero-order chi connectivity index (χ0) is 35.3. The summed E-state index contributed by atoms with van der Waals surface area (Å²) in [4.78, 5) is 51.0. The van der Waals surface area contributed by atoms with Crippen molar-refractivity contribution in [3.8, 4) is 0 Å². The molecule has 0 spiro atoms. The number of likely N-dealkylation sites (tertiary alicyclic amines) is 1. The maximum Gasteiger partial charge on any atom is 0.352 e. The molecule has 0 radical (unpaired) electrons. The van der Waals surface area contributed by atoms with E-state index in [0.717, 1.165) is 42.9 Å². The molecule has 7 rings (SSSR count). The molecule has 50 heavy (non-hydrogen) atoms. The molecule has 3 aliphatic heterocycles. The predicted molar refractivity (Wildman–Crippen MR) is 183 cm³/mol. The Morgan fingerprint density at radius 1 is 1.28 bits per heavy atom. The van der Waals surface area contributed by atoms with Gasteiger partial charge in [-0.2, -0.15) is 0 Å². The molecular formula is C31H31ClFN10O5S2+. The number of aromatic nitrogens is 4. The lowest BCUT2D eigenvalue weighted by Gasteiger charge is -2.49. The number of nitrogens with two attached hydrogens (primary N) is 1. The quantitative estimate of drug-likeness (QED) is 0.0621. The number of thiazole rings is 1. The number of carboxylic acids is 1. The normalized spacial score (nSPS) is 19.2. The topological polar surface area (TPSA) is 188 Å². The number of carbonyl (C=O) groups is 3. The van der Waals surface area contributed by atoms with Gasteiger partial charge in [-0.15, -0.1) is 16.3 Å². The van der Waals surface area contributed by atoms with Gasteiger partial charge in [0.15, 0.2) is 17.0 Å². The fourth-order valence-corrected chi connectivity index (χ4v) is 8.65. The number of anilines is 1. The molecule has 2 amide bonds. The summed E-state index contributed by atoms with van der Waals surface area (Å²) >= 11 is 8.44. The standard InChI is InChI=1S/C31H30ClFN10O5S2/c1-48-38-22(21-25(32)50-31(35)37-21)27(44)36-23-28(45)43-24(30(46)47)18(15-49-29(23)43)14-41-9-6-20-40(10-11-42(20)41)13-17-5-4-16(12-19(17)33)26(34)39-7-2-3-8-39/h4-6,9-12,23,29,34H,2-3,7-8,13-15H2,1H3,(H3-,35,36,37,44,46,47)/p+1/b34-26?,38-22-/t23-,29-/m1/s1. The Morgan fingerprint density at radius 3 is 2.74 bits per heavy atom. The summed E-state index contributed by atoms with van der Waals surface area (Å²) in [6, 6.07) is 5.71. The van der Waals surface area contributed by atoms with E-state index in [1.165, 1.54) is 29.8 Å². The minimum Gasteiger partial charge on any atom is -0.477 e. The summed E-state index contributed by atoms with van der Waals surface area (Å²) in [5.41, 5.74) is 7.56. The van der Waals surface area contributed by atoms with E-state index in [1.54, 1.807) is 24.5 Å². The summed E-state index contributed by atoms with van der Waals surface area (Å²) in [5.74, 6) is -2.42. The molecule has 2 fully saturated rings. The van der Waals surface area contributed by atoms with E-state index in [-0.39, 0.29) is 45.4 Å². The summed E-state index contributed by atoms with van der Waals surface area (Å²) in [6.45, 7) is 2.03. The van der Waals surface area contributed by atoms with Crippen molar-refractivity contribution >= 4 is 74.8 Å². The predicted octanol–water partition coefficient (Wildman–Crippen LogP) is 2.12. The SMILES string of the molecule is CO/N=C(\C(=O)N[C@@H]1C(=O)N2C(C(=O)O)=C(Cn3ccc4n3cc[n+]4Cc3ccc(C(=N)N4CCCC4)cc3F)CS[C@H]12)c1nc(N)sc1Cl. The monoisotopic (exact) mass is 741 g/mol. The second kappa shape index (κ2) is 13.4. The number of carboxylic acid groups (broad SMARTS) is 1. The number of halogens is 2. The number of carbonyl (C=O) groups excluding carboxylic acids is 2. The largest absolute Gasteiger partial charge is 0.477 e. The number of amides is 2. The Balaban J connectivity index is 1.06. The first kappa shape index (κ1) is 33.6. The van der Waals surface area contributed by atoms with Crippen LogP contribution < -0.4 is 15.6 Å². The summed E-state index contributed by atoms with van der Waals surface area (Å²) in [6.07, 6.45) is 7.46. The van der Waals surface area contributed by atoms with Crippen molar-refractivity contribution in [1.29, 1.82) is 5.41 Å². The highest BCUT2D eigenvalue weighted by atomic mass is 35.5. The highest BCUT2D eigenvalue weighted by molar-refractivity contribution is 8.00. The van der Waals surface area contributed by atoms with Crippen molar-refractivity contribution in [3.05, 3.63) is 81.1 Å². The minimum absolute atomic E-state index is 0.00330. The maximum atomic E-state index is 15.2. The van der Waals surface area contributed by atoms with E-state index >= 15 is 4.39 Å². The van der Waals surface area contributed by atoms with Crippen LogP contribution in [0.3, 0.4) is 0 Å². The molecule has 3 aromatic heterocycles. The van der Waals surface area contributed by atoms with Crippen LogP contribution in [0.4, 0.5) is 9.52 Å². The Hall–Kier alpha value is -4.94. The fourth-order valence-electron chi connectivity index (χ4n) is 6.39. The van der Waals surface area contributed by atoms with Crippen molar-refractivity contribution < 1.29 is 33.3 Å². The molecule has 0 saturated carbocycles. The first-order chi connectivity index (χ1) is 24.0. The molecule has 6 heterocycles. The van der Waals surface area contributed by atoms with Crippen molar-refractivity contribution in [3.63, 3.8) is 0 Å². The molecular weight excluding hydrogens is 711 g/mol. The van der Waals surface area contributed by atoms with Gasteiger partial charge in [0.25, 0.3) is 11.8 Å². The molecule has 19 heteroatoms. The van der Waals surface area contributed by atoms with Gasteiger partial charge in [-0.05, 0) is 24.5 Å². The van der Waals surface area contributed by atoms with E-state index in [2.05, 4.69) is 15.5 Å². The van der Waals surface area contributed by atoms with Crippen LogP contribution in [0, 0.1) is 11.2 Å². The summed E-state index contributed by atoms with van der Waals surface area (Å²) in [7, 11) is 1.24. The highest BCUT2D eigenvalue weighted by Crippen LogP contribution is 2.41. The Kier molecular flexibility index (Phi) is 9.00. The zero-order valence-corrected chi connectivity index (χ0v) is 28.9. The van der Waals surface area contributed by atoms with Crippen LogP contribution in [-0.4, -0.2) is 95.8 Å². The molecule has 2 atom stereocenters. The molecule has 0 unspecified atom stereocenters. The average Bonchev–Trinajstić information content (AvgIpc) is 3.90. The number of amidine groups is 1. The number of β-lactam (4-membered cyclic amide) rings is 1. The third-order valence-electron chi connectivity index (χ3n) is 8.79. The number of imidazole rings is 1. The van der Waals surface area contributed by atoms with Gasteiger partial charge >= 0.3 is 11.6 Å². The summed E-state index contributed by atoms with van der Waals surface area (Å²) in [5, 5.41) is 24.4. The molecule has 15 nitrogen and oxygen atoms in total. The van der Waals surface area contributed by atoms with Crippen LogP contribution in [0.2, 0.25) is 4.34 Å². The molecule has 0 bridgehead atoms. The second-order valence-corrected chi connectivity index (χ2v) is 14.5. The maximum absolute atomic E-state index is 15.2. The number of nitrogen functional groups attached to an aromatic ring is 1. The van der Waals surface area contributed by atoms with Gasteiger partial charge in [0, 0.05) is 30.0 Å². The van der Waals surface area contributed by atoms with Crippen molar-refractivity contribution in [1.82, 2.24) is 29.3 Å². The van der Waals surface area contributed by atoms with E-state index in [1.807, 2.05) is 30.9 Å². The molecule has 0 aliphatic carbocycles. The number of rotatable bonds is 10. The second-order valence-electron chi connectivity index (χ2n) is 11.8. The van der Waals surface area contributed by atoms with E-state index in [0.29, 0.717) is 22.5 Å². The van der Waals surface area contributed by atoms with E-state index in [9.17, 15) is 19.5 Å². The number of benzene rings is 1. The van der Waals surface area contributed by atoms with Gasteiger partial charge in [-0.1, -0.05) is 40.2 Å². The van der Waals surface area contributed by atoms with Crippen LogP contribution in [0.1, 0.15) is 29.7 Å². The highest BCUT2D eigenvalue weighted by Gasteiger charge is 2.54. The number of fused-ring (bicyclic) bond motifs is 2. The molecule has 260 valence electrons. The van der Waals surface area contributed by atoms with Crippen LogP contribution in [0.5, 0.6) is 0 Å². The van der Waals surface area contributed by atoms with Crippen LogP contribution in [0.25, 0.3) is 5.65 Å². The number of nitrogens with one attached hydrogen (secondary N) is 2. The van der Waals surface area contributed by atoms with Crippen LogP contribution >= 0.6 is 34.7 Å². The number of nitrogens with zero attached hydrogens (tertiary/aromatic N) is 7. The average molecular weight is 742 g/mol. The number of hydrogen-bond donors (Lipinski definition) is 4. The third kappa shape index (κ3) is 5.96. The van der Waals surface area contributed by atoms with E-state index in [4.69, 9.17) is 27.6 Å². The number of thioether (sulfide) groups is 1. The lowest BCUT2D eigenvalue weighted by Crippen LogP contribution is -2.71. The lowest BCUT2D eigenvalue weighted by molar-refractivity contribution is -0.662. The van der Waals surface area contributed by atoms with Gasteiger partial charge in [-0.3, -0.25) is 19.9 Å². The van der Waals surface area contributed by atoms with Crippen molar-refractivity contribution in [2.45, 2.75) is 37.3 Å². The Bertz CT molecular complexity index is 2120. The number of hydrogen-bond acceptors (Lipinski definition) is 10. The smallest absolute Gasteiger partial charge is 0.352 e. The van der Waals surface area contributed by atoms with Gasteiger partial charge in [0.2, 0.25) is 0 Å². The fraction of sp³-hybridized carbons (Fsp3) is 0.323. The van der Waals surface area contributed by atoms with Gasteiger partial charge in [0.1, 0.15) is 58.6 Å². The van der Waals surface area contributed by atoms with Crippen LogP contribution in [0.15, 0.2) is 59.3 Å². The number of aliphatic carboxylic acids is 1. The number of oxime groups is 1. The molecule has 3 aliphatic rings. The van der Waals surface area contributed by atoms with Gasteiger partial charge in [-0.25, -0.2) is 23.4 Å². The zero-order valence-electron chi connectivity index (χ0n) is 26.5. The van der Waals surface area contributed by atoms with Crippen molar-refractivity contribution in [2.75, 3.05) is 31.7 Å². The molecule has 5 N–H and O–H groups in total. The molecule has 2 saturated heterocycles. The first-order valence-electron chi connectivity index (χ1n) is 15.5. The third-order valence-corrected chi connectivity index (χ3v) is 11.2. The minimum atomic E-state index is -1.27. The Labute approximate surface area is 297 Å². The van der Waals surface area contributed by atoms with Crippen molar-refractivity contribution in [2.24, 2.45) is 5.16 Å². The van der Waals surface area contributed by atoms with Gasteiger partial charge in [0.05, 0.1) is 18.8 Å². The summed E-state index contributed by atoms with van der Waals surface area (Å²) < 4.78 is 20.8. The van der Waals surface area contributed by atoms with E-state index < -0.39 is 35.0 Å². The Morgan fingerprint density at radius 2 is 2.06 bits per heavy atom. The van der Waals surface area contributed by atoms with Crippen LogP contribution in [-0.2, 0) is 32.3 Å².